The molecule has 1 N–H and O–H groups in total. The normalized spacial score (nSPS) is 10.9. The largest absolute Gasteiger partial charge is 0.488 e. The van der Waals surface area contributed by atoms with Crippen molar-refractivity contribution < 1.29 is 24.1 Å². The summed E-state index contributed by atoms with van der Waals surface area (Å²) in [5, 5.41) is 9.27. The molecular formula is C15H21BrO5. The fraction of sp³-hybridized carbons (Fsp3) is 0.533. The second kappa shape index (κ2) is 9.02. The molecule has 0 atom stereocenters. The Balaban J connectivity index is 2.86. The topological polar surface area (TPSA) is 65.0 Å². The van der Waals surface area contributed by atoms with Crippen LogP contribution in [0, 0.1) is 0 Å². The van der Waals surface area contributed by atoms with Gasteiger partial charge in [0.2, 0.25) is 0 Å². The SMILES string of the molecule is CCOC(COc1cc(Br)c(CC)c(C(=O)O)c1)OCC. The predicted octanol–water partition coefficient (Wildman–Crippen LogP) is 3.49. The number of ether oxygens (including phenoxy) is 3. The predicted molar refractivity (Wildman–Crippen MR) is 83.0 cm³/mol. The van der Waals surface area contributed by atoms with E-state index in [1.54, 1.807) is 6.07 Å². The number of carboxylic acids is 1. The summed E-state index contributed by atoms with van der Waals surface area (Å²) < 4.78 is 17.1. The fourth-order valence-corrected chi connectivity index (χ4v) is 2.65. The second-order valence-electron chi connectivity index (χ2n) is 4.24. The molecule has 21 heavy (non-hydrogen) atoms. The number of aromatic carboxylic acids is 1. The summed E-state index contributed by atoms with van der Waals surface area (Å²) in [6.07, 6.45) is 0.168. The van der Waals surface area contributed by atoms with Gasteiger partial charge in [0.25, 0.3) is 0 Å². The van der Waals surface area contributed by atoms with Gasteiger partial charge in [0.15, 0.2) is 6.29 Å². The molecule has 0 heterocycles. The van der Waals surface area contributed by atoms with E-state index in [-0.39, 0.29) is 12.2 Å². The summed E-state index contributed by atoms with van der Waals surface area (Å²) in [7, 11) is 0. The number of carbonyl (C=O) groups is 1. The van der Waals surface area contributed by atoms with Crippen LogP contribution in [0.25, 0.3) is 0 Å². The van der Waals surface area contributed by atoms with Crippen LogP contribution in [-0.4, -0.2) is 37.2 Å². The lowest BCUT2D eigenvalue weighted by molar-refractivity contribution is -0.152. The molecule has 0 aliphatic carbocycles. The second-order valence-corrected chi connectivity index (χ2v) is 5.10. The first kappa shape index (κ1) is 17.9. The molecule has 0 radical (unpaired) electrons. The maximum absolute atomic E-state index is 11.3. The van der Waals surface area contributed by atoms with Crippen LogP contribution in [0.3, 0.4) is 0 Å². The molecule has 0 saturated heterocycles. The highest BCUT2D eigenvalue weighted by Gasteiger charge is 2.16. The van der Waals surface area contributed by atoms with E-state index in [0.29, 0.717) is 25.4 Å². The third-order valence-electron chi connectivity index (χ3n) is 2.84. The van der Waals surface area contributed by atoms with E-state index in [2.05, 4.69) is 15.9 Å². The number of carboxylic acid groups (broad SMARTS) is 1. The van der Waals surface area contributed by atoms with E-state index >= 15 is 0 Å². The van der Waals surface area contributed by atoms with Crippen LogP contribution in [0.1, 0.15) is 36.7 Å². The van der Waals surface area contributed by atoms with Gasteiger partial charge in [-0.2, -0.15) is 0 Å². The van der Waals surface area contributed by atoms with Gasteiger partial charge in [0.1, 0.15) is 12.4 Å². The molecule has 0 unspecified atom stereocenters. The third kappa shape index (κ3) is 5.30. The van der Waals surface area contributed by atoms with Crippen molar-refractivity contribution in [3.8, 4) is 5.75 Å². The summed E-state index contributed by atoms with van der Waals surface area (Å²) in [6, 6.07) is 3.29. The first-order valence-corrected chi connectivity index (χ1v) is 7.74. The molecule has 118 valence electrons. The van der Waals surface area contributed by atoms with Gasteiger partial charge in [-0.05, 0) is 38.0 Å². The van der Waals surface area contributed by atoms with E-state index in [1.165, 1.54) is 6.07 Å². The first-order valence-electron chi connectivity index (χ1n) is 6.95. The zero-order valence-electron chi connectivity index (χ0n) is 12.5. The van der Waals surface area contributed by atoms with Crippen molar-refractivity contribution in [2.75, 3.05) is 19.8 Å². The number of rotatable bonds is 9. The minimum atomic E-state index is -0.968. The molecule has 0 aliphatic heterocycles. The lowest BCUT2D eigenvalue weighted by Gasteiger charge is -2.18. The zero-order chi connectivity index (χ0) is 15.8. The number of benzene rings is 1. The highest BCUT2D eigenvalue weighted by molar-refractivity contribution is 9.10. The van der Waals surface area contributed by atoms with Crippen molar-refractivity contribution in [2.45, 2.75) is 33.5 Å². The van der Waals surface area contributed by atoms with Gasteiger partial charge in [0.05, 0.1) is 5.56 Å². The molecule has 6 heteroatoms. The van der Waals surface area contributed by atoms with E-state index in [9.17, 15) is 9.90 Å². The monoisotopic (exact) mass is 360 g/mol. The zero-order valence-corrected chi connectivity index (χ0v) is 14.1. The standard InChI is InChI=1S/C15H21BrO5/c1-4-11-12(15(17)18)7-10(8-13(11)16)21-9-14(19-5-2)20-6-3/h7-8,14H,4-6,9H2,1-3H3,(H,17,18). The molecule has 1 aromatic carbocycles. The van der Waals surface area contributed by atoms with E-state index in [4.69, 9.17) is 14.2 Å². The molecular weight excluding hydrogens is 340 g/mol. The van der Waals surface area contributed by atoms with Gasteiger partial charge in [0, 0.05) is 17.7 Å². The van der Waals surface area contributed by atoms with E-state index in [0.717, 1.165) is 10.0 Å². The Bertz CT molecular complexity index is 469. The number of halogens is 1. The molecule has 5 nitrogen and oxygen atoms in total. The summed E-state index contributed by atoms with van der Waals surface area (Å²) in [5.74, 6) is -0.495. The number of hydrogen-bond acceptors (Lipinski definition) is 4. The average molecular weight is 361 g/mol. The Morgan fingerprint density at radius 2 is 1.86 bits per heavy atom. The van der Waals surface area contributed by atoms with Crippen LogP contribution in [0.2, 0.25) is 0 Å². The Morgan fingerprint density at radius 1 is 1.24 bits per heavy atom. The maximum atomic E-state index is 11.3. The average Bonchev–Trinajstić information content (AvgIpc) is 2.44. The number of hydrogen-bond donors (Lipinski definition) is 1. The molecule has 0 saturated carbocycles. The van der Waals surface area contributed by atoms with Gasteiger partial charge in [-0.15, -0.1) is 0 Å². The lowest BCUT2D eigenvalue weighted by Crippen LogP contribution is -2.25. The van der Waals surface area contributed by atoms with Crippen LogP contribution in [-0.2, 0) is 15.9 Å². The first-order chi connectivity index (χ1) is 10.0. The Kier molecular flexibility index (Phi) is 7.71. The molecule has 1 aromatic rings. The summed E-state index contributed by atoms with van der Waals surface area (Å²) >= 11 is 3.39. The summed E-state index contributed by atoms with van der Waals surface area (Å²) in [6.45, 7) is 6.91. The smallest absolute Gasteiger partial charge is 0.336 e. The fourth-order valence-electron chi connectivity index (χ4n) is 1.93. The minimum absolute atomic E-state index is 0.207. The molecule has 0 aliphatic rings. The van der Waals surface area contributed by atoms with Crippen molar-refractivity contribution in [2.24, 2.45) is 0 Å². The van der Waals surface area contributed by atoms with Gasteiger partial charge >= 0.3 is 5.97 Å². The van der Waals surface area contributed by atoms with Crippen LogP contribution < -0.4 is 4.74 Å². The summed E-state index contributed by atoms with van der Waals surface area (Å²) in [4.78, 5) is 11.3. The van der Waals surface area contributed by atoms with E-state index in [1.807, 2.05) is 20.8 Å². The molecule has 1 rings (SSSR count). The highest BCUT2D eigenvalue weighted by Crippen LogP contribution is 2.28. The van der Waals surface area contributed by atoms with Gasteiger partial charge in [-0.3, -0.25) is 0 Å². The van der Waals surface area contributed by atoms with Gasteiger partial charge in [-0.1, -0.05) is 22.9 Å². The molecule has 0 aromatic heterocycles. The minimum Gasteiger partial charge on any atom is -0.488 e. The van der Waals surface area contributed by atoms with Crippen LogP contribution >= 0.6 is 15.9 Å². The molecule has 0 spiro atoms. The van der Waals surface area contributed by atoms with Crippen molar-refractivity contribution in [3.63, 3.8) is 0 Å². The highest BCUT2D eigenvalue weighted by atomic mass is 79.9. The Labute approximate surface area is 133 Å². The quantitative estimate of drug-likeness (QED) is 0.682. The maximum Gasteiger partial charge on any atom is 0.336 e. The van der Waals surface area contributed by atoms with Crippen molar-refractivity contribution in [3.05, 3.63) is 27.7 Å². The molecule has 0 bridgehead atoms. The Morgan fingerprint density at radius 3 is 2.33 bits per heavy atom. The summed E-state index contributed by atoms with van der Waals surface area (Å²) in [5.41, 5.74) is 0.993. The van der Waals surface area contributed by atoms with Crippen LogP contribution in [0.15, 0.2) is 16.6 Å². The molecule has 0 fully saturated rings. The third-order valence-corrected chi connectivity index (χ3v) is 3.55. The molecule has 0 amide bonds. The lowest BCUT2D eigenvalue weighted by atomic mass is 10.1. The van der Waals surface area contributed by atoms with Crippen molar-refractivity contribution >= 4 is 21.9 Å². The van der Waals surface area contributed by atoms with E-state index < -0.39 is 12.3 Å². The van der Waals surface area contributed by atoms with Crippen LogP contribution in [0.5, 0.6) is 5.75 Å². The Hall–Kier alpha value is -1.11. The van der Waals surface area contributed by atoms with Gasteiger partial charge in [-0.25, -0.2) is 4.79 Å². The van der Waals surface area contributed by atoms with Crippen molar-refractivity contribution in [1.29, 1.82) is 0 Å². The van der Waals surface area contributed by atoms with Crippen LogP contribution in [0.4, 0.5) is 0 Å². The van der Waals surface area contributed by atoms with Crippen molar-refractivity contribution in [1.82, 2.24) is 0 Å². The van der Waals surface area contributed by atoms with Gasteiger partial charge < -0.3 is 19.3 Å².